The molecule has 3 rings (SSSR count). The van der Waals surface area contributed by atoms with Crippen LogP contribution in [0.25, 0.3) is 0 Å². The van der Waals surface area contributed by atoms with E-state index < -0.39 is 9.84 Å². The first kappa shape index (κ1) is 13.9. The van der Waals surface area contributed by atoms with Crippen molar-refractivity contribution in [3.63, 3.8) is 0 Å². The fourth-order valence-corrected chi connectivity index (χ4v) is 4.55. The molecule has 0 atom stereocenters. The molecule has 2 heterocycles. The smallest absolute Gasteiger partial charge is 0.157 e. The Morgan fingerprint density at radius 2 is 1.80 bits per heavy atom. The quantitative estimate of drug-likeness (QED) is 0.859. The fraction of sp³-hybridized carbons (Fsp3) is 0.786. The molecule has 2 aliphatic rings. The number of nitrogens with zero attached hydrogens (tertiary/aromatic N) is 2. The number of sulfone groups is 1. The van der Waals surface area contributed by atoms with Crippen molar-refractivity contribution in [2.24, 2.45) is 0 Å². The summed E-state index contributed by atoms with van der Waals surface area (Å²) >= 11 is 0. The number of ether oxygens (including phenoxy) is 1. The molecule has 5 nitrogen and oxygen atoms in total. The van der Waals surface area contributed by atoms with Gasteiger partial charge in [0.05, 0.1) is 29.9 Å². The van der Waals surface area contributed by atoms with Crippen molar-refractivity contribution < 1.29 is 13.2 Å². The van der Waals surface area contributed by atoms with Crippen molar-refractivity contribution in [3.8, 4) is 5.75 Å². The average Bonchev–Trinajstić information content (AvgIpc) is 2.91. The monoisotopic (exact) mass is 298 g/mol. The van der Waals surface area contributed by atoms with Gasteiger partial charge in [-0.15, -0.1) is 0 Å². The summed E-state index contributed by atoms with van der Waals surface area (Å²) in [4.78, 5) is 0. The third-order valence-electron chi connectivity index (χ3n) is 4.33. The Bertz CT molecular complexity index is 533. The molecule has 6 heteroatoms. The maximum Gasteiger partial charge on any atom is 0.157 e. The number of aromatic nitrogens is 2. The van der Waals surface area contributed by atoms with Crippen molar-refractivity contribution >= 4 is 9.84 Å². The van der Waals surface area contributed by atoms with Gasteiger partial charge in [-0.25, -0.2) is 8.42 Å². The molecule has 0 N–H and O–H groups in total. The molecule has 0 unspecified atom stereocenters. The molecule has 0 radical (unpaired) electrons. The normalized spacial score (nSPS) is 24.6. The standard InChI is InChI=1S/C14H22N2O3S/c17-20(18)8-6-13(7-9-20)19-14-10-15-16(11-14)12-4-2-1-3-5-12/h10-13H,1-9H2. The fourth-order valence-electron chi connectivity index (χ4n) is 3.11. The summed E-state index contributed by atoms with van der Waals surface area (Å²) in [6.07, 6.45) is 11.2. The number of hydrogen-bond donors (Lipinski definition) is 0. The van der Waals surface area contributed by atoms with Crippen LogP contribution in [0.5, 0.6) is 5.75 Å². The van der Waals surface area contributed by atoms with Gasteiger partial charge in [0, 0.05) is 0 Å². The molecule has 1 aromatic rings. The van der Waals surface area contributed by atoms with Crippen LogP contribution >= 0.6 is 0 Å². The summed E-state index contributed by atoms with van der Waals surface area (Å²) in [7, 11) is -2.82. The lowest BCUT2D eigenvalue weighted by atomic mass is 9.96. The molecule has 1 aliphatic carbocycles. The Labute approximate surface area is 120 Å². The molecule has 0 amide bonds. The Morgan fingerprint density at radius 1 is 1.10 bits per heavy atom. The van der Waals surface area contributed by atoms with Crippen LogP contribution in [-0.4, -0.2) is 35.8 Å². The highest BCUT2D eigenvalue weighted by atomic mass is 32.2. The second kappa shape index (κ2) is 5.76. The van der Waals surface area contributed by atoms with E-state index in [1.165, 1.54) is 32.1 Å². The van der Waals surface area contributed by atoms with E-state index in [-0.39, 0.29) is 17.6 Å². The highest BCUT2D eigenvalue weighted by molar-refractivity contribution is 7.91. The minimum Gasteiger partial charge on any atom is -0.487 e. The molecule has 20 heavy (non-hydrogen) atoms. The lowest BCUT2D eigenvalue weighted by molar-refractivity contribution is 0.189. The van der Waals surface area contributed by atoms with Gasteiger partial charge in [-0.1, -0.05) is 19.3 Å². The first-order chi connectivity index (χ1) is 9.62. The van der Waals surface area contributed by atoms with E-state index in [1.54, 1.807) is 6.20 Å². The number of rotatable bonds is 3. The van der Waals surface area contributed by atoms with Crippen LogP contribution in [0.1, 0.15) is 51.0 Å². The predicted octanol–water partition coefficient (Wildman–Crippen LogP) is 2.34. The third kappa shape index (κ3) is 3.34. The Morgan fingerprint density at radius 3 is 2.50 bits per heavy atom. The minimum absolute atomic E-state index is 0.0162. The zero-order chi connectivity index (χ0) is 14.0. The summed E-state index contributed by atoms with van der Waals surface area (Å²) in [5.41, 5.74) is 0. The van der Waals surface area contributed by atoms with Crippen LogP contribution in [-0.2, 0) is 9.84 Å². The average molecular weight is 298 g/mol. The molecular weight excluding hydrogens is 276 g/mol. The zero-order valence-electron chi connectivity index (χ0n) is 11.7. The highest BCUT2D eigenvalue weighted by Crippen LogP contribution is 2.29. The summed E-state index contributed by atoms with van der Waals surface area (Å²) in [6.45, 7) is 0. The summed E-state index contributed by atoms with van der Waals surface area (Å²) in [5, 5.41) is 4.41. The van der Waals surface area contributed by atoms with E-state index in [0.717, 1.165) is 5.75 Å². The molecule has 0 aromatic carbocycles. The Balaban J connectivity index is 1.57. The maximum absolute atomic E-state index is 11.4. The molecular formula is C14H22N2O3S. The van der Waals surface area contributed by atoms with Crippen molar-refractivity contribution in [1.29, 1.82) is 0 Å². The largest absolute Gasteiger partial charge is 0.487 e. The predicted molar refractivity (Wildman–Crippen MR) is 76.7 cm³/mol. The second-order valence-corrected chi connectivity index (χ2v) is 8.22. The van der Waals surface area contributed by atoms with Gasteiger partial charge >= 0.3 is 0 Å². The van der Waals surface area contributed by atoms with Crippen LogP contribution in [0.4, 0.5) is 0 Å². The van der Waals surface area contributed by atoms with Crippen molar-refractivity contribution in [2.45, 2.75) is 57.1 Å². The van der Waals surface area contributed by atoms with Crippen LogP contribution < -0.4 is 4.74 Å². The van der Waals surface area contributed by atoms with E-state index in [4.69, 9.17) is 4.74 Å². The van der Waals surface area contributed by atoms with E-state index in [0.29, 0.717) is 18.9 Å². The molecule has 1 saturated carbocycles. The zero-order valence-corrected chi connectivity index (χ0v) is 12.5. The van der Waals surface area contributed by atoms with Crippen molar-refractivity contribution in [1.82, 2.24) is 9.78 Å². The van der Waals surface area contributed by atoms with Crippen LogP contribution in [0.2, 0.25) is 0 Å². The molecule has 2 fully saturated rings. The summed E-state index contributed by atoms with van der Waals surface area (Å²) in [5.74, 6) is 1.27. The second-order valence-electron chi connectivity index (χ2n) is 5.92. The molecule has 0 bridgehead atoms. The molecule has 1 saturated heterocycles. The third-order valence-corrected chi connectivity index (χ3v) is 6.05. The summed E-state index contributed by atoms with van der Waals surface area (Å²) < 4.78 is 30.7. The minimum atomic E-state index is -2.82. The van der Waals surface area contributed by atoms with E-state index in [1.807, 2.05) is 10.9 Å². The van der Waals surface area contributed by atoms with Gasteiger partial charge in [0.1, 0.15) is 6.10 Å². The molecule has 0 spiro atoms. The lowest BCUT2D eigenvalue weighted by Crippen LogP contribution is -2.30. The summed E-state index contributed by atoms with van der Waals surface area (Å²) in [6, 6.07) is 0.507. The first-order valence-corrected chi connectivity index (χ1v) is 9.36. The van der Waals surface area contributed by atoms with E-state index in [2.05, 4.69) is 5.10 Å². The van der Waals surface area contributed by atoms with Gasteiger partial charge in [0.15, 0.2) is 15.6 Å². The van der Waals surface area contributed by atoms with Crippen LogP contribution in [0.3, 0.4) is 0 Å². The molecule has 1 aliphatic heterocycles. The topological polar surface area (TPSA) is 61.2 Å². The van der Waals surface area contributed by atoms with Crippen LogP contribution in [0, 0.1) is 0 Å². The highest BCUT2D eigenvalue weighted by Gasteiger charge is 2.25. The van der Waals surface area contributed by atoms with Gasteiger partial charge in [-0.3, -0.25) is 4.68 Å². The van der Waals surface area contributed by atoms with Crippen molar-refractivity contribution in [3.05, 3.63) is 12.4 Å². The molecule has 1 aromatic heterocycles. The SMILES string of the molecule is O=S1(=O)CCC(Oc2cnn(C3CCCCC3)c2)CC1. The Hall–Kier alpha value is -1.04. The van der Waals surface area contributed by atoms with E-state index in [9.17, 15) is 8.42 Å². The van der Waals surface area contributed by atoms with Gasteiger partial charge in [-0.2, -0.15) is 5.10 Å². The first-order valence-electron chi connectivity index (χ1n) is 7.54. The molecule has 112 valence electrons. The van der Waals surface area contributed by atoms with Gasteiger partial charge in [-0.05, 0) is 25.7 Å². The van der Waals surface area contributed by atoms with Gasteiger partial charge in [0.2, 0.25) is 0 Å². The van der Waals surface area contributed by atoms with Crippen molar-refractivity contribution in [2.75, 3.05) is 11.5 Å². The maximum atomic E-state index is 11.4. The van der Waals surface area contributed by atoms with Crippen LogP contribution in [0.15, 0.2) is 12.4 Å². The lowest BCUT2D eigenvalue weighted by Gasteiger charge is -2.23. The van der Waals surface area contributed by atoms with Gasteiger partial charge < -0.3 is 4.74 Å². The van der Waals surface area contributed by atoms with E-state index >= 15 is 0 Å². The van der Waals surface area contributed by atoms with Gasteiger partial charge in [0.25, 0.3) is 0 Å². The Kier molecular flexibility index (Phi) is 4.01. The number of hydrogen-bond acceptors (Lipinski definition) is 4.